The summed E-state index contributed by atoms with van der Waals surface area (Å²) >= 11 is 0. The van der Waals surface area contributed by atoms with Gasteiger partial charge >= 0.3 is 18.0 Å². The van der Waals surface area contributed by atoms with E-state index in [4.69, 9.17) is 19.9 Å². The molecule has 0 bridgehead atoms. The van der Waals surface area contributed by atoms with Gasteiger partial charge in [0.2, 0.25) is 0 Å². The van der Waals surface area contributed by atoms with Crippen LogP contribution in [0.3, 0.4) is 0 Å². The zero-order valence-electron chi connectivity index (χ0n) is 22.0. The minimum absolute atomic E-state index is 0.173. The number of hydrogen-bond donors (Lipinski definition) is 4. The number of unbranched alkanes of at least 4 members (excludes halogenated alkanes) is 1. The van der Waals surface area contributed by atoms with E-state index in [0.29, 0.717) is 32.4 Å². The lowest BCUT2D eigenvalue weighted by Gasteiger charge is -2.23. The fourth-order valence-electron chi connectivity index (χ4n) is 2.72. The van der Waals surface area contributed by atoms with E-state index in [1.165, 1.54) is 0 Å². The Bertz CT molecular complexity index is 606. The third-order valence-electron chi connectivity index (χ3n) is 4.44. The molecule has 0 aromatic rings. The lowest BCUT2D eigenvalue weighted by molar-refractivity contribution is -0.149. The lowest BCUT2D eigenvalue weighted by atomic mass is 10.1. The van der Waals surface area contributed by atoms with Crippen molar-refractivity contribution in [3.63, 3.8) is 0 Å². The molecule has 1 amide bonds. The molecule has 0 fully saturated rings. The lowest BCUT2D eigenvalue weighted by Crippen LogP contribution is -2.45. The standard InChI is InChI=1S/C24H47N3O7/c1-16(2)14-32-21(29)18(25)11-12-20(28)27-19(22(30)33-15-17(3)4)10-8-9-13-26-23(31)34-24(5,6)7/h16-20,27-28H,8-15,25H2,1-7H3,(H,26,31)/t18-,19-,20?/m0/s1. The van der Waals surface area contributed by atoms with Gasteiger partial charge in [-0.05, 0) is 64.7 Å². The molecule has 0 aromatic carbocycles. The summed E-state index contributed by atoms with van der Waals surface area (Å²) in [6, 6.07) is -1.57. The Morgan fingerprint density at radius 2 is 1.44 bits per heavy atom. The monoisotopic (exact) mass is 489 g/mol. The second-order valence-corrected chi connectivity index (χ2v) is 10.4. The summed E-state index contributed by atoms with van der Waals surface area (Å²) < 4.78 is 15.6. The Kier molecular flexibility index (Phi) is 15.7. The molecule has 0 heterocycles. The number of aliphatic hydroxyl groups is 1. The molecular weight excluding hydrogens is 442 g/mol. The van der Waals surface area contributed by atoms with Crippen molar-refractivity contribution in [2.75, 3.05) is 19.8 Å². The fourth-order valence-corrected chi connectivity index (χ4v) is 2.72. The van der Waals surface area contributed by atoms with Gasteiger partial charge in [-0.3, -0.25) is 14.9 Å². The molecule has 0 aliphatic carbocycles. The fraction of sp³-hybridized carbons (Fsp3) is 0.875. The average Bonchev–Trinajstić information content (AvgIpc) is 2.71. The zero-order valence-corrected chi connectivity index (χ0v) is 22.0. The molecule has 3 atom stereocenters. The molecule has 0 saturated heterocycles. The van der Waals surface area contributed by atoms with Crippen LogP contribution in [0.5, 0.6) is 0 Å². The quantitative estimate of drug-likeness (QED) is 0.111. The van der Waals surface area contributed by atoms with Crippen molar-refractivity contribution in [2.45, 2.75) is 104 Å². The van der Waals surface area contributed by atoms with E-state index in [1.807, 2.05) is 27.7 Å². The molecule has 1 unspecified atom stereocenters. The van der Waals surface area contributed by atoms with Crippen LogP contribution in [-0.4, -0.2) is 66.8 Å². The van der Waals surface area contributed by atoms with Gasteiger partial charge in [-0.1, -0.05) is 27.7 Å². The number of amides is 1. The highest BCUT2D eigenvalue weighted by atomic mass is 16.6. The molecule has 0 rings (SSSR count). The first-order valence-corrected chi connectivity index (χ1v) is 12.2. The maximum Gasteiger partial charge on any atom is 0.407 e. The van der Waals surface area contributed by atoms with E-state index in [0.717, 1.165) is 0 Å². The molecule has 0 radical (unpaired) electrons. The van der Waals surface area contributed by atoms with Crippen LogP contribution in [0, 0.1) is 11.8 Å². The SMILES string of the molecule is CC(C)COC(=O)[C@H](CCCCNC(=O)OC(C)(C)C)NC(O)CC[C@H](N)C(=O)OCC(C)C. The Hall–Kier alpha value is -1.91. The predicted molar refractivity (Wildman–Crippen MR) is 130 cm³/mol. The summed E-state index contributed by atoms with van der Waals surface area (Å²) in [7, 11) is 0. The van der Waals surface area contributed by atoms with E-state index < -0.39 is 41.9 Å². The third-order valence-corrected chi connectivity index (χ3v) is 4.44. The molecule has 0 aliphatic rings. The number of carbonyl (C=O) groups is 3. The molecule has 0 spiro atoms. The molecule has 34 heavy (non-hydrogen) atoms. The van der Waals surface area contributed by atoms with Crippen LogP contribution in [0.2, 0.25) is 0 Å². The number of alkyl carbamates (subject to hydrolysis) is 1. The van der Waals surface area contributed by atoms with Gasteiger partial charge in [0.1, 0.15) is 23.9 Å². The van der Waals surface area contributed by atoms with Crippen molar-refractivity contribution >= 4 is 18.0 Å². The Morgan fingerprint density at radius 3 is 1.97 bits per heavy atom. The number of nitrogens with two attached hydrogens (primary N) is 1. The summed E-state index contributed by atoms with van der Waals surface area (Å²) in [6.07, 6.45) is 0.491. The van der Waals surface area contributed by atoms with Crippen molar-refractivity contribution < 1.29 is 33.7 Å². The normalized spacial score (nSPS) is 14.4. The average molecular weight is 490 g/mol. The summed E-state index contributed by atoms with van der Waals surface area (Å²) in [5, 5.41) is 15.9. The summed E-state index contributed by atoms with van der Waals surface area (Å²) in [5.74, 6) is -0.567. The molecular formula is C24H47N3O7. The molecule has 200 valence electrons. The molecule has 0 aromatic heterocycles. The highest BCUT2D eigenvalue weighted by molar-refractivity contribution is 5.76. The minimum atomic E-state index is -1.04. The number of nitrogens with one attached hydrogen (secondary N) is 2. The summed E-state index contributed by atoms with van der Waals surface area (Å²) in [5.41, 5.74) is 5.28. The number of carbonyl (C=O) groups excluding carboxylic acids is 3. The Morgan fingerprint density at radius 1 is 0.882 bits per heavy atom. The third kappa shape index (κ3) is 17.6. The van der Waals surface area contributed by atoms with Crippen molar-refractivity contribution in [1.29, 1.82) is 0 Å². The van der Waals surface area contributed by atoms with E-state index in [1.54, 1.807) is 20.8 Å². The number of hydrogen-bond acceptors (Lipinski definition) is 9. The van der Waals surface area contributed by atoms with Crippen LogP contribution in [0.15, 0.2) is 0 Å². The highest BCUT2D eigenvalue weighted by Gasteiger charge is 2.24. The number of rotatable bonds is 16. The topological polar surface area (TPSA) is 149 Å². The molecule has 0 aliphatic heterocycles. The van der Waals surface area contributed by atoms with Crippen molar-refractivity contribution in [2.24, 2.45) is 17.6 Å². The first-order valence-electron chi connectivity index (χ1n) is 12.2. The maximum atomic E-state index is 12.5. The second-order valence-electron chi connectivity index (χ2n) is 10.4. The van der Waals surface area contributed by atoms with Gasteiger partial charge in [0.25, 0.3) is 0 Å². The van der Waals surface area contributed by atoms with Crippen molar-refractivity contribution in [1.82, 2.24) is 10.6 Å². The largest absolute Gasteiger partial charge is 0.464 e. The van der Waals surface area contributed by atoms with Gasteiger partial charge in [-0.15, -0.1) is 0 Å². The second kappa shape index (κ2) is 16.7. The van der Waals surface area contributed by atoms with Crippen molar-refractivity contribution in [3.8, 4) is 0 Å². The van der Waals surface area contributed by atoms with Crippen LogP contribution >= 0.6 is 0 Å². The van der Waals surface area contributed by atoms with Gasteiger partial charge in [0, 0.05) is 6.54 Å². The van der Waals surface area contributed by atoms with Crippen LogP contribution in [0.25, 0.3) is 0 Å². The Balaban J connectivity index is 4.59. The molecule has 0 saturated carbocycles. The van der Waals surface area contributed by atoms with E-state index in [9.17, 15) is 19.5 Å². The Labute approximate surface area is 204 Å². The molecule has 10 nitrogen and oxygen atoms in total. The maximum absolute atomic E-state index is 12.5. The summed E-state index contributed by atoms with van der Waals surface area (Å²) in [6.45, 7) is 14.1. The van der Waals surface area contributed by atoms with Crippen LogP contribution in [0.1, 0.15) is 80.6 Å². The smallest absolute Gasteiger partial charge is 0.407 e. The van der Waals surface area contributed by atoms with Gasteiger partial charge in [0.15, 0.2) is 0 Å². The van der Waals surface area contributed by atoms with E-state index in [-0.39, 0.29) is 31.3 Å². The van der Waals surface area contributed by atoms with Crippen molar-refractivity contribution in [3.05, 3.63) is 0 Å². The van der Waals surface area contributed by atoms with Gasteiger partial charge < -0.3 is 30.4 Å². The van der Waals surface area contributed by atoms with Crippen LogP contribution in [0.4, 0.5) is 4.79 Å². The number of ether oxygens (including phenoxy) is 3. The number of aliphatic hydroxyl groups excluding tert-OH is 1. The minimum Gasteiger partial charge on any atom is -0.464 e. The van der Waals surface area contributed by atoms with E-state index >= 15 is 0 Å². The summed E-state index contributed by atoms with van der Waals surface area (Å²) in [4.78, 5) is 36.1. The van der Waals surface area contributed by atoms with Gasteiger partial charge in [-0.25, -0.2) is 4.79 Å². The van der Waals surface area contributed by atoms with Crippen LogP contribution < -0.4 is 16.4 Å². The van der Waals surface area contributed by atoms with Gasteiger partial charge in [0.05, 0.1) is 13.2 Å². The molecule has 10 heteroatoms. The first kappa shape index (κ1) is 32.1. The number of esters is 2. The highest BCUT2D eigenvalue weighted by Crippen LogP contribution is 2.09. The predicted octanol–water partition coefficient (Wildman–Crippen LogP) is 2.46. The molecule has 5 N–H and O–H groups in total. The van der Waals surface area contributed by atoms with E-state index in [2.05, 4.69) is 10.6 Å². The zero-order chi connectivity index (χ0) is 26.3. The van der Waals surface area contributed by atoms with Crippen LogP contribution in [-0.2, 0) is 23.8 Å². The first-order chi connectivity index (χ1) is 15.7. The van der Waals surface area contributed by atoms with Gasteiger partial charge in [-0.2, -0.15) is 0 Å².